The number of unbranched alkanes of at least 4 members (excludes halogenated alkanes) is 2. The molecule has 2 saturated carbocycles. The molecule has 0 unspecified atom stereocenters. The van der Waals surface area contributed by atoms with Crippen LogP contribution in [-0.2, 0) is 19.6 Å². The average molecular weight is 345 g/mol. The molecule has 2 aliphatic carbocycles. The van der Waals surface area contributed by atoms with Crippen molar-refractivity contribution in [2.75, 3.05) is 12.3 Å². The molecule has 0 amide bonds. The van der Waals surface area contributed by atoms with Gasteiger partial charge >= 0.3 is 5.97 Å². The molecule has 0 aromatic rings. The molecule has 23 heavy (non-hydrogen) atoms. The number of rotatable bonds is 9. The molecule has 2 atom stereocenters. The molecule has 2 bridgehead atoms. The van der Waals surface area contributed by atoms with Crippen LogP contribution in [0.1, 0.15) is 58.8 Å². The van der Waals surface area contributed by atoms with Gasteiger partial charge in [-0.15, -0.1) is 0 Å². The molecule has 0 spiro atoms. The van der Waals surface area contributed by atoms with Crippen LogP contribution >= 0.6 is 0 Å². The number of Topliss-reactive ketones (excluding diaryl/α,β-unsaturated/α-hetero) is 1. The molecule has 0 saturated heterocycles. The van der Waals surface area contributed by atoms with E-state index < -0.39 is 21.4 Å². The summed E-state index contributed by atoms with van der Waals surface area (Å²) in [5.41, 5.74) is -0.979. The molecular formula is C16H27NO5S. The number of hydrogen-bond acceptors (Lipinski definition) is 4. The highest BCUT2D eigenvalue weighted by molar-refractivity contribution is 7.89. The zero-order valence-electron chi connectivity index (χ0n) is 13.9. The molecule has 2 fully saturated rings. The fraction of sp³-hybridized carbons (Fsp3) is 0.875. The van der Waals surface area contributed by atoms with Crippen LogP contribution in [0.25, 0.3) is 0 Å². The van der Waals surface area contributed by atoms with Gasteiger partial charge in [0.25, 0.3) is 0 Å². The van der Waals surface area contributed by atoms with Gasteiger partial charge in [0.2, 0.25) is 10.0 Å². The molecule has 0 radical (unpaired) electrons. The minimum atomic E-state index is -3.50. The minimum Gasteiger partial charge on any atom is -0.481 e. The SMILES string of the molecule is CC1(C)[C@@H]2CC[C@@]1(CS(=O)(=O)NCCCCCC(=O)O)C(=O)C2. The quantitative estimate of drug-likeness (QED) is 0.622. The summed E-state index contributed by atoms with van der Waals surface area (Å²) >= 11 is 0. The van der Waals surface area contributed by atoms with Crippen molar-refractivity contribution in [3.63, 3.8) is 0 Å². The molecule has 132 valence electrons. The van der Waals surface area contributed by atoms with E-state index >= 15 is 0 Å². The predicted octanol–water partition coefficient (Wildman–Crippen LogP) is 1.95. The summed E-state index contributed by atoms with van der Waals surface area (Å²) in [4.78, 5) is 22.8. The smallest absolute Gasteiger partial charge is 0.303 e. The van der Waals surface area contributed by atoms with Gasteiger partial charge in [0.05, 0.1) is 5.75 Å². The summed E-state index contributed by atoms with van der Waals surface area (Å²) in [6, 6.07) is 0. The first kappa shape index (κ1) is 18.4. The average Bonchev–Trinajstić information content (AvgIpc) is 2.76. The number of carbonyl (C=O) groups is 2. The lowest BCUT2D eigenvalue weighted by atomic mass is 9.70. The number of aliphatic carboxylic acids is 1. The lowest BCUT2D eigenvalue weighted by molar-refractivity contribution is -0.137. The fourth-order valence-corrected chi connectivity index (χ4v) is 6.17. The highest BCUT2D eigenvalue weighted by Gasteiger charge is 2.65. The maximum Gasteiger partial charge on any atom is 0.303 e. The second-order valence-electron chi connectivity index (χ2n) is 7.52. The topological polar surface area (TPSA) is 101 Å². The van der Waals surface area contributed by atoms with Crippen LogP contribution in [0.5, 0.6) is 0 Å². The van der Waals surface area contributed by atoms with Crippen molar-refractivity contribution >= 4 is 21.8 Å². The third kappa shape index (κ3) is 3.60. The summed E-state index contributed by atoms with van der Waals surface area (Å²) < 4.78 is 27.4. The van der Waals surface area contributed by atoms with Crippen LogP contribution in [-0.4, -0.2) is 37.6 Å². The van der Waals surface area contributed by atoms with Crippen LogP contribution in [0.2, 0.25) is 0 Å². The van der Waals surface area contributed by atoms with Crippen LogP contribution in [0.4, 0.5) is 0 Å². The second-order valence-corrected chi connectivity index (χ2v) is 9.33. The summed E-state index contributed by atoms with van der Waals surface area (Å²) in [6.45, 7) is 4.35. The van der Waals surface area contributed by atoms with E-state index in [-0.39, 0.29) is 23.4 Å². The van der Waals surface area contributed by atoms with Gasteiger partial charge in [0, 0.05) is 24.8 Å². The van der Waals surface area contributed by atoms with E-state index in [1.807, 2.05) is 13.8 Å². The highest BCUT2D eigenvalue weighted by atomic mass is 32.2. The van der Waals surface area contributed by atoms with Gasteiger partial charge in [-0.05, 0) is 37.0 Å². The van der Waals surface area contributed by atoms with Gasteiger partial charge in [-0.3, -0.25) is 9.59 Å². The third-order valence-electron chi connectivity index (χ3n) is 5.96. The van der Waals surface area contributed by atoms with E-state index in [4.69, 9.17) is 5.11 Å². The van der Waals surface area contributed by atoms with Crippen LogP contribution in [0.15, 0.2) is 0 Å². The molecule has 2 aliphatic rings. The van der Waals surface area contributed by atoms with Crippen molar-refractivity contribution in [2.24, 2.45) is 16.7 Å². The Labute approximate surface area is 138 Å². The van der Waals surface area contributed by atoms with Crippen LogP contribution in [0.3, 0.4) is 0 Å². The van der Waals surface area contributed by atoms with Crippen molar-refractivity contribution < 1.29 is 23.1 Å². The molecule has 0 aliphatic heterocycles. The summed E-state index contributed by atoms with van der Waals surface area (Å²) in [6.07, 6.45) is 4.06. The standard InChI is InChI=1S/C16H27NO5S/c1-15(2)12-7-8-16(15,13(18)10-12)11-23(21,22)17-9-5-3-4-6-14(19)20/h12,17H,3-11H2,1-2H3,(H,19,20)/t12-,16-/m1/s1. The fourth-order valence-electron chi connectivity index (χ4n) is 4.29. The Balaban J connectivity index is 1.86. The zero-order valence-corrected chi connectivity index (χ0v) is 14.7. The molecule has 6 nitrogen and oxygen atoms in total. The highest BCUT2D eigenvalue weighted by Crippen LogP contribution is 2.64. The Kier molecular flexibility index (Phi) is 5.21. The Bertz CT molecular complexity index is 583. The van der Waals surface area contributed by atoms with Gasteiger partial charge in [-0.1, -0.05) is 20.3 Å². The first-order valence-electron chi connectivity index (χ1n) is 8.33. The Morgan fingerprint density at radius 3 is 2.52 bits per heavy atom. The van der Waals surface area contributed by atoms with E-state index in [0.29, 0.717) is 44.6 Å². The maximum atomic E-state index is 12.4. The van der Waals surface area contributed by atoms with Gasteiger partial charge in [0.1, 0.15) is 5.78 Å². The summed E-state index contributed by atoms with van der Waals surface area (Å²) in [5, 5.41) is 8.55. The first-order chi connectivity index (χ1) is 10.6. The number of sulfonamides is 1. The number of carbonyl (C=O) groups excluding carboxylic acids is 1. The number of ketones is 1. The number of carboxylic acid groups (broad SMARTS) is 1. The zero-order chi connectivity index (χ0) is 17.3. The number of carboxylic acids is 1. The van der Waals surface area contributed by atoms with Crippen LogP contribution in [0, 0.1) is 16.7 Å². The third-order valence-corrected chi connectivity index (χ3v) is 7.48. The molecule has 0 aromatic heterocycles. The van der Waals surface area contributed by atoms with Gasteiger partial charge in [0.15, 0.2) is 0 Å². The summed E-state index contributed by atoms with van der Waals surface area (Å²) in [7, 11) is -3.50. The van der Waals surface area contributed by atoms with Crippen molar-refractivity contribution in [2.45, 2.75) is 58.8 Å². The lowest BCUT2D eigenvalue weighted by Crippen LogP contribution is -2.45. The van der Waals surface area contributed by atoms with E-state index in [2.05, 4.69) is 4.72 Å². The van der Waals surface area contributed by atoms with Gasteiger partial charge in [-0.2, -0.15) is 0 Å². The first-order valence-corrected chi connectivity index (χ1v) is 9.98. The van der Waals surface area contributed by atoms with Gasteiger partial charge in [-0.25, -0.2) is 13.1 Å². The van der Waals surface area contributed by atoms with Crippen molar-refractivity contribution in [3.8, 4) is 0 Å². The van der Waals surface area contributed by atoms with Crippen molar-refractivity contribution in [3.05, 3.63) is 0 Å². The van der Waals surface area contributed by atoms with Crippen molar-refractivity contribution in [1.82, 2.24) is 4.72 Å². The Morgan fingerprint density at radius 1 is 1.30 bits per heavy atom. The minimum absolute atomic E-state index is 0.102. The van der Waals surface area contributed by atoms with E-state index in [0.717, 1.165) is 6.42 Å². The molecular weight excluding hydrogens is 318 g/mol. The Morgan fingerprint density at radius 2 is 2.00 bits per heavy atom. The monoisotopic (exact) mass is 345 g/mol. The van der Waals surface area contributed by atoms with E-state index in [1.54, 1.807) is 0 Å². The molecule has 0 aromatic carbocycles. The molecule has 2 rings (SSSR count). The van der Waals surface area contributed by atoms with E-state index in [1.165, 1.54) is 0 Å². The number of hydrogen-bond donors (Lipinski definition) is 2. The molecule has 0 heterocycles. The number of nitrogens with one attached hydrogen (secondary N) is 1. The van der Waals surface area contributed by atoms with Gasteiger partial charge < -0.3 is 5.11 Å². The Hall–Kier alpha value is -0.950. The summed E-state index contributed by atoms with van der Waals surface area (Å²) in [5.74, 6) is -0.536. The molecule has 2 N–H and O–H groups in total. The lowest BCUT2D eigenvalue weighted by Gasteiger charge is -2.36. The van der Waals surface area contributed by atoms with E-state index in [9.17, 15) is 18.0 Å². The molecule has 7 heteroatoms. The largest absolute Gasteiger partial charge is 0.481 e. The van der Waals surface area contributed by atoms with Crippen molar-refractivity contribution in [1.29, 1.82) is 0 Å². The predicted molar refractivity (Wildman–Crippen MR) is 86.5 cm³/mol. The number of fused-ring (bicyclic) bond motifs is 2. The normalized spacial score (nSPS) is 29.1. The maximum absolute atomic E-state index is 12.4. The van der Waals surface area contributed by atoms with Crippen LogP contribution < -0.4 is 4.72 Å². The second kappa shape index (κ2) is 6.51.